The molecule has 0 bridgehead atoms. The number of hydrogen-bond acceptors (Lipinski definition) is 6. The second-order valence-corrected chi connectivity index (χ2v) is 9.65. The molecular weight excluding hydrogens is 448 g/mol. The van der Waals surface area contributed by atoms with Crippen LogP contribution in [0.5, 0.6) is 0 Å². The zero-order valence-corrected chi connectivity index (χ0v) is 19.5. The van der Waals surface area contributed by atoms with Gasteiger partial charge in [-0.1, -0.05) is 49.6 Å². The molecule has 0 saturated carbocycles. The van der Waals surface area contributed by atoms with Crippen molar-refractivity contribution in [3.63, 3.8) is 0 Å². The van der Waals surface area contributed by atoms with Gasteiger partial charge in [0.25, 0.3) is 5.96 Å². The number of rotatable bonds is 12. The second-order valence-electron chi connectivity index (χ2n) is 7.93. The van der Waals surface area contributed by atoms with Crippen molar-refractivity contribution in [2.24, 2.45) is 16.6 Å². The SMILES string of the molecule is CC(C)CCNC(=O)[C@H](CCCN=C(N)N[N+](=O)[O-])NS(=O)(=O)c1ccc2ccccc2c1. The first-order valence-electron chi connectivity index (χ1n) is 10.6. The van der Waals surface area contributed by atoms with Crippen LogP contribution in [0.1, 0.15) is 33.1 Å². The Kier molecular flexibility index (Phi) is 9.55. The van der Waals surface area contributed by atoms with E-state index in [2.05, 4.69) is 15.0 Å². The minimum Gasteiger partial charge on any atom is -0.365 e. The number of fused-ring (bicyclic) bond motifs is 1. The number of aliphatic imine (C=N–C) groups is 1. The molecule has 0 saturated heterocycles. The van der Waals surface area contributed by atoms with Crippen LogP contribution in [0.4, 0.5) is 0 Å². The molecule has 1 amide bonds. The first-order chi connectivity index (χ1) is 15.6. The lowest BCUT2D eigenvalue weighted by Crippen LogP contribution is -2.47. The number of hydrogen-bond donors (Lipinski definition) is 4. The van der Waals surface area contributed by atoms with Crippen LogP contribution in [0.15, 0.2) is 52.4 Å². The molecular formula is C21H30N6O5S. The molecule has 1 atom stereocenters. The molecule has 11 nitrogen and oxygen atoms in total. The van der Waals surface area contributed by atoms with Gasteiger partial charge in [-0.05, 0) is 48.1 Å². The molecule has 0 aliphatic heterocycles. The summed E-state index contributed by atoms with van der Waals surface area (Å²) in [6.07, 6.45) is 1.17. The number of nitro groups is 1. The Morgan fingerprint density at radius 1 is 1.15 bits per heavy atom. The number of benzene rings is 2. The van der Waals surface area contributed by atoms with Gasteiger partial charge in [0.15, 0.2) is 5.03 Å². The van der Waals surface area contributed by atoms with Crippen LogP contribution in [0.2, 0.25) is 0 Å². The Morgan fingerprint density at radius 2 is 1.85 bits per heavy atom. The highest BCUT2D eigenvalue weighted by atomic mass is 32.2. The molecule has 33 heavy (non-hydrogen) atoms. The van der Waals surface area contributed by atoms with Crippen molar-refractivity contribution < 1.29 is 18.2 Å². The predicted octanol–water partition coefficient (Wildman–Crippen LogP) is 1.53. The number of carbonyl (C=O) groups is 1. The molecule has 0 radical (unpaired) electrons. The summed E-state index contributed by atoms with van der Waals surface area (Å²) in [4.78, 5) is 26.9. The molecule has 2 aromatic rings. The van der Waals surface area contributed by atoms with E-state index in [0.29, 0.717) is 12.5 Å². The van der Waals surface area contributed by atoms with Crippen molar-refractivity contribution in [2.45, 2.75) is 44.0 Å². The van der Waals surface area contributed by atoms with Gasteiger partial charge in [0.2, 0.25) is 15.9 Å². The average Bonchev–Trinajstić information content (AvgIpc) is 2.74. The summed E-state index contributed by atoms with van der Waals surface area (Å²) in [5, 5.41) is 14.0. The third-order valence-corrected chi connectivity index (χ3v) is 6.27. The van der Waals surface area contributed by atoms with Crippen LogP contribution in [-0.2, 0) is 14.8 Å². The van der Waals surface area contributed by atoms with Crippen LogP contribution in [0, 0.1) is 16.0 Å². The van der Waals surface area contributed by atoms with Crippen molar-refractivity contribution in [3.8, 4) is 0 Å². The maximum atomic E-state index is 13.0. The summed E-state index contributed by atoms with van der Waals surface area (Å²) >= 11 is 0. The van der Waals surface area contributed by atoms with E-state index in [1.54, 1.807) is 17.6 Å². The normalized spacial score (nSPS) is 13.1. The van der Waals surface area contributed by atoms with Crippen LogP contribution in [0.25, 0.3) is 10.8 Å². The number of hydrazine groups is 1. The molecule has 12 heteroatoms. The summed E-state index contributed by atoms with van der Waals surface area (Å²) in [6, 6.07) is 11.1. The van der Waals surface area contributed by atoms with E-state index in [1.165, 1.54) is 6.07 Å². The molecule has 0 aliphatic carbocycles. The van der Waals surface area contributed by atoms with Crippen molar-refractivity contribution in [2.75, 3.05) is 13.1 Å². The Bertz CT molecular complexity index is 1100. The molecule has 0 unspecified atom stereocenters. The Labute approximate surface area is 193 Å². The monoisotopic (exact) mass is 478 g/mol. The molecule has 2 rings (SSSR count). The minimum absolute atomic E-state index is 0.0543. The second kappa shape index (κ2) is 12.1. The van der Waals surface area contributed by atoms with Gasteiger partial charge < -0.3 is 11.1 Å². The largest absolute Gasteiger partial charge is 0.365 e. The molecule has 0 fully saturated rings. The number of guanidine groups is 1. The van der Waals surface area contributed by atoms with Crippen molar-refractivity contribution in [3.05, 3.63) is 52.6 Å². The first-order valence-corrected chi connectivity index (χ1v) is 12.1. The fourth-order valence-electron chi connectivity index (χ4n) is 3.06. The van der Waals surface area contributed by atoms with Gasteiger partial charge in [0.1, 0.15) is 6.04 Å². The number of sulfonamides is 1. The predicted molar refractivity (Wildman–Crippen MR) is 126 cm³/mol. The summed E-state index contributed by atoms with van der Waals surface area (Å²) < 4.78 is 28.5. The lowest BCUT2D eigenvalue weighted by molar-refractivity contribution is -0.525. The Hall–Kier alpha value is -3.25. The van der Waals surface area contributed by atoms with Crippen LogP contribution in [-0.4, -0.2) is 44.4 Å². The number of nitrogens with zero attached hydrogens (tertiary/aromatic N) is 2. The average molecular weight is 479 g/mol. The third-order valence-electron chi connectivity index (χ3n) is 4.80. The number of carbonyl (C=O) groups excluding carboxylic acids is 1. The molecule has 0 spiro atoms. The van der Waals surface area contributed by atoms with Gasteiger partial charge in [-0.2, -0.15) is 4.72 Å². The molecule has 0 aliphatic rings. The van der Waals surface area contributed by atoms with Crippen LogP contribution < -0.4 is 21.2 Å². The maximum Gasteiger partial charge on any atom is 0.251 e. The van der Waals surface area contributed by atoms with Crippen LogP contribution >= 0.6 is 0 Å². The number of nitrogens with one attached hydrogen (secondary N) is 3. The van der Waals surface area contributed by atoms with Gasteiger partial charge in [0.05, 0.1) is 4.90 Å². The van der Waals surface area contributed by atoms with E-state index in [0.717, 1.165) is 17.2 Å². The first kappa shape index (κ1) is 26.0. The van der Waals surface area contributed by atoms with Crippen molar-refractivity contribution in [1.29, 1.82) is 0 Å². The smallest absolute Gasteiger partial charge is 0.251 e. The van der Waals surface area contributed by atoms with Gasteiger partial charge >= 0.3 is 0 Å². The number of nitrogens with two attached hydrogens (primary N) is 1. The van der Waals surface area contributed by atoms with E-state index in [-0.39, 0.29) is 30.2 Å². The van der Waals surface area contributed by atoms with E-state index < -0.39 is 27.0 Å². The maximum absolute atomic E-state index is 13.0. The van der Waals surface area contributed by atoms with E-state index >= 15 is 0 Å². The van der Waals surface area contributed by atoms with E-state index in [1.807, 2.05) is 38.1 Å². The van der Waals surface area contributed by atoms with E-state index in [9.17, 15) is 23.3 Å². The summed E-state index contributed by atoms with van der Waals surface area (Å²) in [5.74, 6) is -0.431. The van der Waals surface area contributed by atoms with Crippen molar-refractivity contribution in [1.82, 2.24) is 15.5 Å². The zero-order chi connectivity index (χ0) is 24.4. The van der Waals surface area contributed by atoms with Crippen LogP contribution in [0.3, 0.4) is 0 Å². The Balaban J connectivity index is 2.12. The number of amides is 1. The minimum atomic E-state index is -3.98. The Morgan fingerprint density at radius 3 is 2.52 bits per heavy atom. The van der Waals surface area contributed by atoms with Gasteiger partial charge in [-0.25, -0.2) is 23.5 Å². The van der Waals surface area contributed by atoms with Gasteiger partial charge in [-0.15, -0.1) is 0 Å². The van der Waals surface area contributed by atoms with E-state index in [4.69, 9.17) is 5.73 Å². The molecule has 2 aromatic carbocycles. The fraction of sp³-hybridized carbons (Fsp3) is 0.429. The standard InChI is InChI=1S/C21H30N6O5S/c1-15(2)11-13-23-20(28)19(8-5-12-24-21(22)25-27(29)30)26-33(31,32)18-10-9-16-6-3-4-7-17(16)14-18/h3-4,6-7,9-10,14-15,19,26H,5,8,11-13H2,1-2H3,(H,23,28)(H3,22,24,25)/t19-/m0/s1. The summed E-state index contributed by atoms with van der Waals surface area (Å²) in [7, 11) is -3.98. The highest BCUT2D eigenvalue weighted by Crippen LogP contribution is 2.19. The highest BCUT2D eigenvalue weighted by Gasteiger charge is 2.25. The third kappa shape index (κ3) is 8.66. The molecule has 5 N–H and O–H groups in total. The molecule has 0 heterocycles. The zero-order valence-electron chi connectivity index (χ0n) is 18.7. The quantitative estimate of drug-likeness (QED) is 0.118. The lowest BCUT2D eigenvalue weighted by atomic mass is 10.1. The summed E-state index contributed by atoms with van der Waals surface area (Å²) in [6.45, 7) is 4.55. The highest BCUT2D eigenvalue weighted by molar-refractivity contribution is 7.89. The van der Waals surface area contributed by atoms with Gasteiger partial charge in [-0.3, -0.25) is 4.79 Å². The molecule has 0 aromatic heterocycles. The summed E-state index contributed by atoms with van der Waals surface area (Å²) in [5.41, 5.74) is 7.10. The molecule has 180 valence electrons. The van der Waals surface area contributed by atoms with Gasteiger partial charge in [0, 0.05) is 13.1 Å². The fourth-order valence-corrected chi connectivity index (χ4v) is 4.33. The topological polar surface area (TPSA) is 169 Å². The van der Waals surface area contributed by atoms with Crippen molar-refractivity contribution >= 4 is 32.7 Å². The lowest BCUT2D eigenvalue weighted by Gasteiger charge is -2.19.